The highest BCUT2D eigenvalue weighted by atomic mass is 35.5. The van der Waals surface area contributed by atoms with E-state index in [9.17, 15) is 14.4 Å². The second-order valence-corrected chi connectivity index (χ2v) is 6.54. The van der Waals surface area contributed by atoms with Crippen molar-refractivity contribution >= 4 is 29.4 Å². The number of rotatable bonds is 5. The Hall–Kier alpha value is -2.28. The Morgan fingerprint density at radius 2 is 1.92 bits per heavy atom. The van der Waals surface area contributed by atoms with Gasteiger partial charge < -0.3 is 9.47 Å². The fourth-order valence-electron chi connectivity index (χ4n) is 3.06. The summed E-state index contributed by atoms with van der Waals surface area (Å²) < 4.78 is 10.2. The standard InChI is InChI=1S/C18H23ClN2O5/c1-3-26-15-8-7-13(19)10-14(15)17(23)21-20-16(22)11-5-4-6-12(9-11)18(24)25-2/h7-8,10-12H,3-6,9H2,1-2H3,(H,20,22)(H,21,23). The predicted molar refractivity (Wildman–Crippen MR) is 95.7 cm³/mol. The molecule has 8 heteroatoms. The third-order valence-corrected chi connectivity index (χ3v) is 4.60. The molecule has 2 amide bonds. The molecule has 1 saturated carbocycles. The molecule has 0 aromatic heterocycles. The normalized spacial score (nSPS) is 19.3. The lowest BCUT2D eigenvalue weighted by molar-refractivity contribution is -0.147. The van der Waals surface area contributed by atoms with E-state index in [1.807, 2.05) is 0 Å². The van der Waals surface area contributed by atoms with Crippen LogP contribution in [0.15, 0.2) is 18.2 Å². The molecule has 0 bridgehead atoms. The Morgan fingerprint density at radius 3 is 2.62 bits per heavy atom. The molecule has 0 saturated heterocycles. The van der Waals surface area contributed by atoms with Crippen LogP contribution in [-0.2, 0) is 14.3 Å². The van der Waals surface area contributed by atoms with Gasteiger partial charge in [0.2, 0.25) is 5.91 Å². The lowest BCUT2D eigenvalue weighted by atomic mass is 9.81. The number of amides is 2. The molecular formula is C18H23ClN2O5. The Labute approximate surface area is 157 Å². The maximum absolute atomic E-state index is 12.4. The van der Waals surface area contributed by atoms with Crippen molar-refractivity contribution in [3.05, 3.63) is 28.8 Å². The lowest BCUT2D eigenvalue weighted by Crippen LogP contribution is -2.46. The quantitative estimate of drug-likeness (QED) is 0.602. The van der Waals surface area contributed by atoms with E-state index in [2.05, 4.69) is 10.9 Å². The Kier molecular flexibility index (Phi) is 7.26. The molecule has 2 unspecified atom stereocenters. The number of hydrogen-bond acceptors (Lipinski definition) is 5. The minimum absolute atomic E-state index is 0.232. The number of benzene rings is 1. The van der Waals surface area contributed by atoms with Gasteiger partial charge >= 0.3 is 5.97 Å². The van der Waals surface area contributed by atoms with Gasteiger partial charge in [-0.1, -0.05) is 18.0 Å². The van der Waals surface area contributed by atoms with Crippen molar-refractivity contribution in [2.24, 2.45) is 11.8 Å². The molecular weight excluding hydrogens is 360 g/mol. The van der Waals surface area contributed by atoms with E-state index >= 15 is 0 Å². The minimum atomic E-state index is -0.523. The van der Waals surface area contributed by atoms with Crippen LogP contribution in [0.25, 0.3) is 0 Å². The van der Waals surface area contributed by atoms with Crippen LogP contribution in [0.4, 0.5) is 0 Å². The lowest BCUT2D eigenvalue weighted by Gasteiger charge is -2.26. The second kappa shape index (κ2) is 9.43. The summed E-state index contributed by atoms with van der Waals surface area (Å²) in [4.78, 5) is 36.4. The summed E-state index contributed by atoms with van der Waals surface area (Å²) in [7, 11) is 1.34. The van der Waals surface area contributed by atoms with Crippen molar-refractivity contribution in [2.45, 2.75) is 32.6 Å². The molecule has 0 radical (unpaired) electrons. The van der Waals surface area contributed by atoms with Gasteiger partial charge in [0.05, 0.1) is 25.2 Å². The summed E-state index contributed by atoms with van der Waals surface area (Å²) in [5.41, 5.74) is 5.05. The molecule has 1 fully saturated rings. The topological polar surface area (TPSA) is 93.7 Å². The van der Waals surface area contributed by atoms with Crippen LogP contribution < -0.4 is 15.6 Å². The van der Waals surface area contributed by atoms with Crippen molar-refractivity contribution in [2.75, 3.05) is 13.7 Å². The summed E-state index contributed by atoms with van der Waals surface area (Å²) in [6.45, 7) is 2.20. The van der Waals surface area contributed by atoms with Crippen LogP contribution in [0, 0.1) is 11.8 Å². The first-order valence-corrected chi connectivity index (χ1v) is 8.94. The number of methoxy groups -OCH3 is 1. The molecule has 1 aromatic carbocycles. The average Bonchev–Trinajstić information content (AvgIpc) is 2.66. The third-order valence-electron chi connectivity index (χ3n) is 4.36. The van der Waals surface area contributed by atoms with E-state index < -0.39 is 5.91 Å². The molecule has 26 heavy (non-hydrogen) atoms. The smallest absolute Gasteiger partial charge is 0.308 e. The van der Waals surface area contributed by atoms with Crippen LogP contribution in [0.2, 0.25) is 5.02 Å². The molecule has 7 nitrogen and oxygen atoms in total. The van der Waals surface area contributed by atoms with E-state index in [4.69, 9.17) is 21.1 Å². The first-order valence-electron chi connectivity index (χ1n) is 8.56. The summed E-state index contributed by atoms with van der Waals surface area (Å²) in [6, 6.07) is 4.70. The van der Waals surface area contributed by atoms with Gasteiger partial charge in [-0.3, -0.25) is 25.2 Å². The summed E-state index contributed by atoms with van der Waals surface area (Å²) in [5.74, 6) is -1.40. The zero-order valence-electron chi connectivity index (χ0n) is 14.8. The van der Waals surface area contributed by atoms with E-state index in [0.717, 1.165) is 6.42 Å². The van der Waals surface area contributed by atoms with Gasteiger partial charge in [-0.2, -0.15) is 0 Å². The van der Waals surface area contributed by atoms with E-state index in [1.54, 1.807) is 19.1 Å². The molecule has 1 aromatic rings. The van der Waals surface area contributed by atoms with Gasteiger partial charge in [-0.15, -0.1) is 0 Å². The van der Waals surface area contributed by atoms with Gasteiger partial charge in [0.15, 0.2) is 0 Å². The largest absolute Gasteiger partial charge is 0.493 e. The molecule has 2 atom stereocenters. The van der Waals surface area contributed by atoms with Crippen molar-refractivity contribution in [3.63, 3.8) is 0 Å². The number of nitrogens with one attached hydrogen (secondary N) is 2. The number of carbonyl (C=O) groups excluding carboxylic acids is 3. The maximum atomic E-state index is 12.4. The number of ether oxygens (including phenoxy) is 2. The summed E-state index contributed by atoms with van der Waals surface area (Å²) >= 11 is 5.94. The van der Waals surface area contributed by atoms with Crippen LogP contribution >= 0.6 is 11.6 Å². The van der Waals surface area contributed by atoms with Gasteiger partial charge in [-0.05, 0) is 44.4 Å². The van der Waals surface area contributed by atoms with Gasteiger partial charge in [0.1, 0.15) is 5.75 Å². The molecule has 1 aliphatic carbocycles. The molecule has 0 heterocycles. The molecule has 0 spiro atoms. The minimum Gasteiger partial charge on any atom is -0.493 e. The Balaban J connectivity index is 1.95. The average molecular weight is 383 g/mol. The van der Waals surface area contributed by atoms with Crippen LogP contribution in [0.5, 0.6) is 5.75 Å². The van der Waals surface area contributed by atoms with Crippen LogP contribution in [0.3, 0.4) is 0 Å². The van der Waals surface area contributed by atoms with E-state index in [1.165, 1.54) is 13.2 Å². The monoisotopic (exact) mass is 382 g/mol. The van der Waals surface area contributed by atoms with Crippen molar-refractivity contribution < 1.29 is 23.9 Å². The SMILES string of the molecule is CCOc1ccc(Cl)cc1C(=O)NNC(=O)C1CCCC(C(=O)OC)C1. The Morgan fingerprint density at radius 1 is 1.19 bits per heavy atom. The molecule has 0 aliphatic heterocycles. The summed E-state index contributed by atoms with van der Waals surface area (Å²) in [6.07, 6.45) is 2.55. The fourth-order valence-corrected chi connectivity index (χ4v) is 3.23. The first-order chi connectivity index (χ1) is 12.5. The highest BCUT2D eigenvalue weighted by molar-refractivity contribution is 6.31. The molecule has 2 rings (SSSR count). The number of hydrazine groups is 1. The van der Waals surface area contributed by atoms with Crippen LogP contribution in [-0.4, -0.2) is 31.5 Å². The van der Waals surface area contributed by atoms with Gasteiger partial charge in [-0.25, -0.2) is 0 Å². The number of hydrogen-bond donors (Lipinski definition) is 2. The molecule has 2 N–H and O–H groups in total. The van der Waals surface area contributed by atoms with E-state index in [0.29, 0.717) is 36.6 Å². The second-order valence-electron chi connectivity index (χ2n) is 6.10. The highest BCUT2D eigenvalue weighted by Gasteiger charge is 2.32. The van der Waals surface area contributed by atoms with E-state index in [-0.39, 0.29) is 29.3 Å². The van der Waals surface area contributed by atoms with Gasteiger partial charge in [0, 0.05) is 10.9 Å². The number of halogens is 1. The van der Waals surface area contributed by atoms with Crippen molar-refractivity contribution in [3.8, 4) is 5.75 Å². The number of carbonyl (C=O) groups is 3. The predicted octanol–water partition coefficient (Wildman–Crippen LogP) is 2.48. The third kappa shape index (κ3) is 5.11. The Bertz CT molecular complexity index is 680. The molecule has 142 valence electrons. The maximum Gasteiger partial charge on any atom is 0.308 e. The summed E-state index contributed by atoms with van der Waals surface area (Å²) in [5, 5.41) is 0.387. The highest BCUT2D eigenvalue weighted by Crippen LogP contribution is 2.30. The zero-order valence-corrected chi connectivity index (χ0v) is 15.6. The van der Waals surface area contributed by atoms with Crippen molar-refractivity contribution in [1.29, 1.82) is 0 Å². The fraction of sp³-hybridized carbons (Fsp3) is 0.500. The number of esters is 1. The first kappa shape index (κ1) is 20.0. The molecule has 1 aliphatic rings. The van der Waals surface area contributed by atoms with Gasteiger partial charge in [0.25, 0.3) is 5.91 Å². The zero-order chi connectivity index (χ0) is 19.1. The van der Waals surface area contributed by atoms with Crippen LogP contribution in [0.1, 0.15) is 43.0 Å². The van der Waals surface area contributed by atoms with Crippen molar-refractivity contribution in [1.82, 2.24) is 10.9 Å².